The van der Waals surface area contributed by atoms with Gasteiger partial charge in [0.15, 0.2) is 11.6 Å². The highest BCUT2D eigenvalue weighted by Crippen LogP contribution is 2.38. The maximum Gasteiger partial charge on any atom is 0.309 e. The quantitative estimate of drug-likeness (QED) is 0.232. The Morgan fingerprint density at radius 1 is 1.18 bits per heavy atom. The van der Waals surface area contributed by atoms with Gasteiger partial charge in [0.05, 0.1) is 30.1 Å². The van der Waals surface area contributed by atoms with E-state index in [1.165, 1.54) is 6.20 Å². The topological polar surface area (TPSA) is 62.7 Å². The van der Waals surface area contributed by atoms with E-state index in [1.54, 1.807) is 13.2 Å². The zero-order chi connectivity index (χ0) is 27.3. The molecule has 4 rings (SSSR count). The van der Waals surface area contributed by atoms with E-state index in [9.17, 15) is 27.5 Å². The number of hydrogen-bond acceptors (Lipinski definition) is 4. The summed E-state index contributed by atoms with van der Waals surface area (Å²) in [5.41, 5.74) is 0.747. The molecule has 1 aliphatic rings. The van der Waals surface area contributed by atoms with Crippen molar-refractivity contribution in [3.8, 4) is 17.6 Å². The average molecular weight is 529 g/mol. The first-order valence-electron chi connectivity index (χ1n) is 12.4. The zero-order valence-electron chi connectivity index (χ0n) is 21.0. The van der Waals surface area contributed by atoms with Gasteiger partial charge in [-0.05, 0) is 61.9 Å². The fourth-order valence-electron chi connectivity index (χ4n) is 5.01. The van der Waals surface area contributed by atoms with Crippen LogP contribution >= 0.6 is 0 Å². The molecular formula is C29H28F4N2O3. The molecular weight excluding hydrogens is 500 g/mol. The molecule has 1 aromatic heterocycles. The van der Waals surface area contributed by atoms with Crippen molar-refractivity contribution in [1.29, 1.82) is 0 Å². The Kier molecular flexibility index (Phi) is 8.52. The maximum atomic E-state index is 13.8. The van der Waals surface area contributed by atoms with Crippen LogP contribution in [0.1, 0.15) is 42.4 Å². The summed E-state index contributed by atoms with van der Waals surface area (Å²) < 4.78 is 59.6. The summed E-state index contributed by atoms with van der Waals surface area (Å²) in [4.78, 5) is 18.6. The highest BCUT2D eigenvalue weighted by molar-refractivity contribution is 5.84. The van der Waals surface area contributed by atoms with Crippen LogP contribution in [0.5, 0.6) is 5.75 Å². The van der Waals surface area contributed by atoms with Crippen LogP contribution in [0.2, 0.25) is 0 Å². The number of likely N-dealkylation sites (tertiary alicyclic amines) is 1. The molecule has 0 aliphatic carbocycles. The van der Waals surface area contributed by atoms with Crippen molar-refractivity contribution in [1.82, 2.24) is 9.88 Å². The first kappa shape index (κ1) is 27.4. The molecule has 1 saturated heterocycles. The van der Waals surface area contributed by atoms with Crippen LogP contribution in [0, 0.1) is 34.7 Å². The molecule has 2 aromatic carbocycles. The summed E-state index contributed by atoms with van der Waals surface area (Å²) in [5, 5.41) is 10.9. The van der Waals surface area contributed by atoms with Crippen molar-refractivity contribution >= 4 is 16.9 Å². The fraction of sp³-hybridized carbons (Fsp3) is 0.379. The number of hydrogen-bond donors (Lipinski definition) is 1. The van der Waals surface area contributed by atoms with E-state index in [1.807, 2.05) is 17.0 Å². The molecule has 0 unspecified atom stereocenters. The molecule has 5 nitrogen and oxygen atoms in total. The molecule has 38 heavy (non-hydrogen) atoms. The average Bonchev–Trinajstić information content (AvgIpc) is 2.91. The summed E-state index contributed by atoms with van der Waals surface area (Å²) in [6.45, 7) is 0.484. The number of piperidine rings is 1. The summed E-state index contributed by atoms with van der Waals surface area (Å²) in [6.07, 6.45) is 3.81. The Bertz CT molecular complexity index is 1390. The van der Waals surface area contributed by atoms with Gasteiger partial charge in [0, 0.05) is 36.3 Å². The summed E-state index contributed by atoms with van der Waals surface area (Å²) in [5.74, 6) is 1.57. The number of aryl methyl sites for hydroxylation is 1. The largest absolute Gasteiger partial charge is 0.497 e. The second kappa shape index (κ2) is 11.8. The minimum absolute atomic E-state index is 0.220. The van der Waals surface area contributed by atoms with Crippen LogP contribution in [0.3, 0.4) is 0 Å². The van der Waals surface area contributed by atoms with Gasteiger partial charge in [-0.1, -0.05) is 11.8 Å². The van der Waals surface area contributed by atoms with Crippen LogP contribution < -0.4 is 4.74 Å². The van der Waals surface area contributed by atoms with E-state index < -0.39 is 35.5 Å². The second-order valence-corrected chi connectivity index (χ2v) is 9.54. The van der Waals surface area contributed by atoms with E-state index in [0.717, 1.165) is 22.5 Å². The molecule has 0 bridgehead atoms. The monoisotopic (exact) mass is 528 g/mol. The van der Waals surface area contributed by atoms with Crippen molar-refractivity contribution in [3.63, 3.8) is 0 Å². The summed E-state index contributed by atoms with van der Waals surface area (Å²) in [7, 11) is 1.56. The molecule has 0 spiro atoms. The van der Waals surface area contributed by atoms with Gasteiger partial charge >= 0.3 is 5.97 Å². The molecule has 0 amide bonds. The van der Waals surface area contributed by atoms with E-state index in [-0.39, 0.29) is 12.1 Å². The number of aromatic nitrogens is 1. The molecule has 2 heterocycles. The Morgan fingerprint density at radius 3 is 2.63 bits per heavy atom. The van der Waals surface area contributed by atoms with Gasteiger partial charge in [-0.15, -0.1) is 0 Å². The lowest BCUT2D eigenvalue weighted by atomic mass is 9.74. The van der Waals surface area contributed by atoms with E-state index in [0.29, 0.717) is 62.6 Å². The summed E-state index contributed by atoms with van der Waals surface area (Å²) >= 11 is 0. The molecule has 1 fully saturated rings. The first-order valence-corrected chi connectivity index (χ1v) is 12.4. The predicted molar refractivity (Wildman–Crippen MR) is 135 cm³/mol. The number of aliphatic carboxylic acids is 1. The van der Waals surface area contributed by atoms with Gasteiger partial charge in [-0.3, -0.25) is 14.7 Å². The van der Waals surface area contributed by atoms with Crippen LogP contribution in [0.25, 0.3) is 10.9 Å². The zero-order valence-corrected chi connectivity index (χ0v) is 21.0. The molecule has 0 atom stereocenters. The van der Waals surface area contributed by atoms with E-state index in [2.05, 4.69) is 16.8 Å². The Labute approximate surface area is 218 Å². The molecule has 9 heteroatoms. The van der Waals surface area contributed by atoms with Gasteiger partial charge in [0.25, 0.3) is 0 Å². The molecule has 3 aromatic rings. The van der Waals surface area contributed by atoms with Crippen molar-refractivity contribution in [2.24, 2.45) is 5.41 Å². The maximum absolute atomic E-state index is 13.8. The van der Waals surface area contributed by atoms with Crippen LogP contribution in [0.15, 0.2) is 36.5 Å². The molecule has 0 saturated carbocycles. The van der Waals surface area contributed by atoms with Crippen molar-refractivity contribution in [3.05, 3.63) is 70.7 Å². The van der Waals surface area contributed by atoms with Crippen molar-refractivity contribution < 1.29 is 32.2 Å². The number of carbonyl (C=O) groups is 1. The normalized spacial score (nSPS) is 15.2. The lowest BCUT2D eigenvalue weighted by molar-refractivity contribution is -0.152. The Hall–Kier alpha value is -3.64. The van der Waals surface area contributed by atoms with Crippen molar-refractivity contribution in [2.75, 3.05) is 26.7 Å². The fourth-order valence-corrected chi connectivity index (χ4v) is 5.01. The molecule has 200 valence electrons. The second-order valence-electron chi connectivity index (χ2n) is 9.54. The van der Waals surface area contributed by atoms with Crippen molar-refractivity contribution in [2.45, 2.75) is 38.8 Å². The minimum atomic E-state index is -1.30. The number of benzene rings is 2. The van der Waals surface area contributed by atoms with Crippen LogP contribution in [-0.4, -0.2) is 47.7 Å². The van der Waals surface area contributed by atoms with Gasteiger partial charge in [-0.25, -0.2) is 17.6 Å². The number of carboxylic acid groups (broad SMARTS) is 1. The lowest BCUT2D eigenvalue weighted by Gasteiger charge is -2.38. The Morgan fingerprint density at radius 2 is 1.95 bits per heavy atom. The highest BCUT2D eigenvalue weighted by atomic mass is 19.2. The minimum Gasteiger partial charge on any atom is -0.497 e. The lowest BCUT2D eigenvalue weighted by Crippen LogP contribution is -2.44. The highest BCUT2D eigenvalue weighted by Gasteiger charge is 2.40. The van der Waals surface area contributed by atoms with Gasteiger partial charge < -0.3 is 9.84 Å². The number of ether oxygens (including phenoxy) is 1. The SMILES string of the molecule is COc1ccc2ncc(CF)c(CCCC3(C(=O)O)CCN(CC#Cc4cc(F)cc(F)c4F)CC3)c2c1. The van der Waals surface area contributed by atoms with Gasteiger partial charge in [0.2, 0.25) is 0 Å². The number of fused-ring (bicyclic) bond motifs is 1. The number of alkyl halides is 1. The predicted octanol–water partition coefficient (Wildman–Crippen LogP) is 5.67. The van der Waals surface area contributed by atoms with E-state index >= 15 is 0 Å². The molecule has 1 N–H and O–H groups in total. The first-order chi connectivity index (χ1) is 18.3. The molecule has 1 aliphatic heterocycles. The van der Waals surface area contributed by atoms with E-state index in [4.69, 9.17) is 4.74 Å². The summed E-state index contributed by atoms with van der Waals surface area (Å²) in [6, 6.07) is 6.73. The number of halogens is 4. The van der Waals surface area contributed by atoms with Gasteiger partial charge in [-0.2, -0.15) is 0 Å². The number of carboxylic acids is 1. The van der Waals surface area contributed by atoms with Crippen LogP contribution in [0.4, 0.5) is 17.6 Å². The number of rotatable bonds is 8. The number of pyridine rings is 1. The number of methoxy groups -OCH3 is 1. The Balaban J connectivity index is 1.40. The third-order valence-corrected chi connectivity index (χ3v) is 7.29. The number of nitrogens with zero attached hydrogens (tertiary/aromatic N) is 2. The standard InChI is InChI=1S/C29H28F4N2O3/c1-38-22-6-7-26-24(16-22)23(20(17-30)18-34-26)5-2-8-29(28(36)37)9-12-35(13-10-29)11-3-4-19-14-21(31)15-25(32)27(19)33/h6-7,14-16,18H,2,5,8-13,17H2,1H3,(H,36,37). The van der Waals surface area contributed by atoms with Gasteiger partial charge in [0.1, 0.15) is 18.2 Å². The van der Waals surface area contributed by atoms with Crippen LogP contribution in [-0.2, 0) is 17.9 Å². The third-order valence-electron chi connectivity index (χ3n) is 7.29. The third kappa shape index (κ3) is 5.91. The smallest absolute Gasteiger partial charge is 0.309 e. The molecule has 0 radical (unpaired) electrons.